The summed E-state index contributed by atoms with van der Waals surface area (Å²) in [5, 5.41) is 21.6. The molecule has 0 aliphatic carbocycles. The van der Waals surface area contributed by atoms with Gasteiger partial charge in [-0.25, -0.2) is 4.39 Å². The molecular formula is C13H16FNO5. The molecule has 7 heteroatoms. The average Bonchev–Trinajstić information content (AvgIpc) is 2.43. The first-order valence-electron chi connectivity index (χ1n) is 6.18. The standard InChI is InChI=1S/C13H16FNO5/c14-8-1-3-9(4-2-8)20-7-12(17)15-10-5-19-6-11(16)13(10)18/h1-4,10-11,13,16,18H,5-7H2,(H,15,17)/t10-,11-,13+/m1/s1. The predicted molar refractivity (Wildman–Crippen MR) is 66.7 cm³/mol. The van der Waals surface area contributed by atoms with Crippen LogP contribution >= 0.6 is 0 Å². The zero-order valence-corrected chi connectivity index (χ0v) is 10.7. The molecule has 1 aliphatic heterocycles. The zero-order valence-electron chi connectivity index (χ0n) is 10.7. The van der Waals surface area contributed by atoms with Crippen LogP contribution in [-0.2, 0) is 9.53 Å². The van der Waals surface area contributed by atoms with Crippen molar-refractivity contribution in [1.82, 2.24) is 5.32 Å². The van der Waals surface area contributed by atoms with Gasteiger partial charge in [-0.15, -0.1) is 0 Å². The maximum atomic E-state index is 12.7. The molecule has 0 bridgehead atoms. The number of aliphatic hydroxyl groups is 2. The zero-order chi connectivity index (χ0) is 14.5. The minimum atomic E-state index is -1.07. The number of benzene rings is 1. The van der Waals surface area contributed by atoms with Crippen molar-refractivity contribution in [3.63, 3.8) is 0 Å². The van der Waals surface area contributed by atoms with Crippen LogP contribution in [0.1, 0.15) is 0 Å². The van der Waals surface area contributed by atoms with Crippen LogP contribution < -0.4 is 10.1 Å². The number of nitrogens with one attached hydrogen (secondary N) is 1. The molecule has 1 aromatic carbocycles. The number of hydrogen-bond donors (Lipinski definition) is 3. The third kappa shape index (κ3) is 3.89. The molecule has 0 saturated carbocycles. The smallest absolute Gasteiger partial charge is 0.258 e. The molecule has 6 nitrogen and oxygen atoms in total. The summed E-state index contributed by atoms with van der Waals surface area (Å²) < 4.78 is 22.9. The predicted octanol–water partition coefficient (Wildman–Crippen LogP) is -0.559. The first-order valence-corrected chi connectivity index (χ1v) is 6.18. The molecule has 0 spiro atoms. The van der Waals surface area contributed by atoms with Gasteiger partial charge in [-0.2, -0.15) is 0 Å². The van der Waals surface area contributed by atoms with Gasteiger partial charge in [0.1, 0.15) is 23.8 Å². The van der Waals surface area contributed by atoms with Gasteiger partial charge >= 0.3 is 0 Å². The second kappa shape index (κ2) is 6.65. The van der Waals surface area contributed by atoms with E-state index in [-0.39, 0.29) is 19.8 Å². The van der Waals surface area contributed by atoms with Crippen LogP contribution in [0.15, 0.2) is 24.3 Å². The molecule has 1 aliphatic rings. The van der Waals surface area contributed by atoms with Crippen molar-refractivity contribution in [3.05, 3.63) is 30.1 Å². The molecule has 0 aromatic heterocycles. The van der Waals surface area contributed by atoms with Crippen LogP contribution in [0.4, 0.5) is 4.39 Å². The molecule has 1 fully saturated rings. The highest BCUT2D eigenvalue weighted by atomic mass is 19.1. The lowest BCUT2D eigenvalue weighted by molar-refractivity contribution is -0.133. The Hall–Kier alpha value is -1.70. The Morgan fingerprint density at radius 2 is 2.05 bits per heavy atom. The van der Waals surface area contributed by atoms with Crippen molar-refractivity contribution in [1.29, 1.82) is 0 Å². The first-order chi connectivity index (χ1) is 9.56. The molecule has 0 unspecified atom stereocenters. The van der Waals surface area contributed by atoms with E-state index >= 15 is 0 Å². The summed E-state index contributed by atoms with van der Waals surface area (Å²) in [6, 6.07) is 4.59. The monoisotopic (exact) mass is 285 g/mol. The van der Waals surface area contributed by atoms with E-state index in [0.29, 0.717) is 5.75 Å². The number of hydrogen-bond acceptors (Lipinski definition) is 5. The van der Waals surface area contributed by atoms with Gasteiger partial charge in [0, 0.05) is 0 Å². The van der Waals surface area contributed by atoms with Crippen LogP contribution in [0.25, 0.3) is 0 Å². The number of rotatable bonds is 4. The Morgan fingerprint density at radius 1 is 1.35 bits per heavy atom. The van der Waals surface area contributed by atoms with E-state index in [0.717, 1.165) is 0 Å². The van der Waals surface area contributed by atoms with Gasteiger partial charge in [0.25, 0.3) is 5.91 Å². The van der Waals surface area contributed by atoms with Crippen LogP contribution in [0, 0.1) is 5.82 Å². The molecule has 1 amide bonds. The number of carbonyl (C=O) groups excluding carboxylic acids is 1. The first kappa shape index (κ1) is 14.7. The van der Waals surface area contributed by atoms with Crippen molar-refractivity contribution in [2.75, 3.05) is 19.8 Å². The minimum Gasteiger partial charge on any atom is -0.484 e. The summed E-state index contributed by atoms with van der Waals surface area (Å²) in [4.78, 5) is 11.6. The Morgan fingerprint density at radius 3 is 2.75 bits per heavy atom. The molecule has 2 rings (SSSR count). The Labute approximate surface area is 115 Å². The molecule has 0 radical (unpaired) electrons. The van der Waals surface area contributed by atoms with Crippen LogP contribution in [-0.4, -0.2) is 54.2 Å². The van der Waals surface area contributed by atoms with Crippen LogP contribution in [0.3, 0.4) is 0 Å². The van der Waals surface area contributed by atoms with E-state index in [9.17, 15) is 19.4 Å². The van der Waals surface area contributed by atoms with Gasteiger partial charge < -0.3 is 25.0 Å². The fourth-order valence-electron chi connectivity index (χ4n) is 1.84. The maximum Gasteiger partial charge on any atom is 0.258 e. The highest BCUT2D eigenvalue weighted by Gasteiger charge is 2.32. The van der Waals surface area contributed by atoms with Gasteiger partial charge in [-0.05, 0) is 24.3 Å². The summed E-state index contributed by atoms with van der Waals surface area (Å²) in [5.74, 6) is -0.489. The van der Waals surface area contributed by atoms with Crippen LogP contribution in [0.5, 0.6) is 5.75 Å². The number of aliphatic hydroxyl groups excluding tert-OH is 2. The largest absolute Gasteiger partial charge is 0.484 e. The molecule has 3 atom stereocenters. The Balaban J connectivity index is 1.79. The Bertz CT molecular complexity index is 453. The Kier molecular flexibility index (Phi) is 4.89. The van der Waals surface area contributed by atoms with E-state index in [1.54, 1.807) is 0 Å². The number of amides is 1. The van der Waals surface area contributed by atoms with E-state index in [4.69, 9.17) is 9.47 Å². The van der Waals surface area contributed by atoms with Crippen molar-refractivity contribution >= 4 is 5.91 Å². The molecule has 3 N–H and O–H groups in total. The maximum absolute atomic E-state index is 12.7. The van der Waals surface area contributed by atoms with Gasteiger partial charge in [0.2, 0.25) is 0 Å². The summed E-state index contributed by atoms with van der Waals surface area (Å²) in [5.41, 5.74) is 0. The van der Waals surface area contributed by atoms with Gasteiger partial charge in [0.15, 0.2) is 6.61 Å². The lowest BCUT2D eigenvalue weighted by Gasteiger charge is -2.32. The second-order valence-electron chi connectivity index (χ2n) is 4.51. The summed E-state index contributed by atoms with van der Waals surface area (Å²) in [6.45, 7) is -0.106. The highest BCUT2D eigenvalue weighted by molar-refractivity contribution is 5.78. The van der Waals surface area contributed by atoms with Gasteiger partial charge in [-0.1, -0.05) is 0 Å². The van der Waals surface area contributed by atoms with Crippen molar-refractivity contribution in [2.45, 2.75) is 18.2 Å². The fourth-order valence-corrected chi connectivity index (χ4v) is 1.84. The number of halogens is 1. The normalized spacial score (nSPS) is 26.1. The second-order valence-corrected chi connectivity index (χ2v) is 4.51. The lowest BCUT2D eigenvalue weighted by atomic mass is 10.0. The SMILES string of the molecule is O=C(COc1ccc(F)cc1)N[C@@H]1COC[C@@H](O)[C@H]1O. The van der Waals surface area contributed by atoms with Gasteiger partial charge in [-0.3, -0.25) is 4.79 Å². The fraction of sp³-hybridized carbons (Fsp3) is 0.462. The van der Waals surface area contributed by atoms with Crippen molar-refractivity contribution in [3.8, 4) is 5.75 Å². The minimum absolute atomic E-state index is 0.0413. The number of ether oxygens (including phenoxy) is 2. The average molecular weight is 285 g/mol. The van der Waals surface area contributed by atoms with E-state index in [1.807, 2.05) is 0 Å². The quantitative estimate of drug-likeness (QED) is 0.690. The number of carbonyl (C=O) groups is 1. The summed E-state index contributed by atoms with van der Waals surface area (Å²) in [7, 11) is 0. The van der Waals surface area contributed by atoms with Crippen LogP contribution in [0.2, 0.25) is 0 Å². The topological polar surface area (TPSA) is 88.0 Å². The summed E-state index contributed by atoms with van der Waals surface area (Å²) in [6.07, 6.45) is -2.09. The van der Waals surface area contributed by atoms with E-state index < -0.39 is 30.0 Å². The molecule has 20 heavy (non-hydrogen) atoms. The lowest BCUT2D eigenvalue weighted by Crippen LogP contribution is -2.56. The third-order valence-electron chi connectivity index (χ3n) is 2.92. The molecular weight excluding hydrogens is 269 g/mol. The van der Waals surface area contributed by atoms with Gasteiger partial charge in [0.05, 0.1) is 19.3 Å². The molecule has 1 saturated heterocycles. The molecule has 110 valence electrons. The van der Waals surface area contributed by atoms with Crippen molar-refractivity contribution in [2.24, 2.45) is 0 Å². The molecule has 1 aromatic rings. The van der Waals surface area contributed by atoms with E-state index in [1.165, 1.54) is 24.3 Å². The molecule has 1 heterocycles. The third-order valence-corrected chi connectivity index (χ3v) is 2.92. The van der Waals surface area contributed by atoms with Crippen molar-refractivity contribution < 1.29 is 28.9 Å². The van der Waals surface area contributed by atoms with E-state index in [2.05, 4.69) is 5.32 Å². The highest BCUT2D eigenvalue weighted by Crippen LogP contribution is 2.11. The summed E-state index contributed by atoms with van der Waals surface area (Å²) >= 11 is 0.